The zero-order valence-corrected chi connectivity index (χ0v) is 14.0. The van der Waals surface area contributed by atoms with Crippen molar-refractivity contribution in [2.75, 3.05) is 13.1 Å². The van der Waals surface area contributed by atoms with E-state index in [1.165, 1.54) is 11.3 Å². The van der Waals surface area contributed by atoms with Gasteiger partial charge in [0.2, 0.25) is 5.91 Å². The molecule has 4 nitrogen and oxygen atoms in total. The lowest BCUT2D eigenvalue weighted by atomic mass is 10.1. The maximum atomic E-state index is 12.1. The van der Waals surface area contributed by atoms with Crippen LogP contribution in [0.25, 0.3) is 0 Å². The van der Waals surface area contributed by atoms with Crippen molar-refractivity contribution in [2.24, 2.45) is 0 Å². The van der Waals surface area contributed by atoms with Gasteiger partial charge in [-0.15, -0.1) is 0 Å². The molecule has 1 aliphatic rings. The van der Waals surface area contributed by atoms with Crippen LogP contribution in [0.5, 0.6) is 5.19 Å². The lowest BCUT2D eigenvalue weighted by molar-refractivity contribution is -0.139. The topological polar surface area (TPSA) is 42.4 Å². The fourth-order valence-corrected chi connectivity index (χ4v) is 3.43. The van der Waals surface area contributed by atoms with E-state index in [1.807, 2.05) is 5.38 Å². The Morgan fingerprint density at radius 2 is 2.09 bits per heavy atom. The molecule has 3 rings (SSSR count). The number of carbonyl (C=O) groups excluding carboxylic acids is 1. The van der Waals surface area contributed by atoms with Crippen molar-refractivity contribution in [1.82, 2.24) is 9.88 Å². The highest BCUT2D eigenvalue weighted by molar-refractivity contribution is 7.11. The molecule has 0 unspecified atom stereocenters. The molecular weight excluding hydrogens is 343 g/mol. The predicted molar refractivity (Wildman–Crippen MR) is 87.9 cm³/mol. The van der Waals surface area contributed by atoms with Crippen LogP contribution in [0, 0.1) is 0 Å². The number of aromatic nitrogens is 1. The number of rotatable bonds is 5. The number of carbonyl (C=O) groups is 1. The molecule has 0 saturated carbocycles. The van der Waals surface area contributed by atoms with Gasteiger partial charge in [-0.25, -0.2) is 4.98 Å². The molecule has 7 heteroatoms. The second kappa shape index (κ2) is 6.86. The van der Waals surface area contributed by atoms with E-state index in [9.17, 15) is 4.79 Å². The van der Waals surface area contributed by atoms with Crippen LogP contribution in [-0.4, -0.2) is 35.0 Å². The van der Waals surface area contributed by atoms with Crippen molar-refractivity contribution in [3.05, 3.63) is 45.4 Å². The molecular formula is C15H14Cl2N2O2S. The number of thiazole rings is 1. The summed E-state index contributed by atoms with van der Waals surface area (Å²) in [6, 6.07) is 5.37. The number of likely N-dealkylation sites (tertiary alicyclic amines) is 1. The molecule has 0 bridgehead atoms. The Hall–Kier alpha value is -1.30. The Bertz CT molecular complexity index is 637. The first-order chi connectivity index (χ1) is 10.6. The third-order valence-corrected chi connectivity index (χ3v) is 4.90. The van der Waals surface area contributed by atoms with Gasteiger partial charge >= 0.3 is 0 Å². The summed E-state index contributed by atoms with van der Waals surface area (Å²) < 4.78 is 5.64. The lowest BCUT2D eigenvalue weighted by Crippen LogP contribution is -2.56. The number of benzene rings is 1. The lowest BCUT2D eigenvalue weighted by Gasteiger charge is -2.38. The van der Waals surface area contributed by atoms with E-state index in [0.29, 0.717) is 41.2 Å². The van der Waals surface area contributed by atoms with Crippen molar-refractivity contribution < 1.29 is 9.53 Å². The van der Waals surface area contributed by atoms with Gasteiger partial charge in [0.1, 0.15) is 6.10 Å². The van der Waals surface area contributed by atoms with Gasteiger partial charge in [-0.1, -0.05) is 40.6 Å². The summed E-state index contributed by atoms with van der Waals surface area (Å²) in [5.74, 6) is 0.0926. The summed E-state index contributed by atoms with van der Waals surface area (Å²) in [7, 11) is 0. The quantitative estimate of drug-likeness (QED) is 0.820. The molecule has 0 radical (unpaired) electrons. The van der Waals surface area contributed by atoms with E-state index >= 15 is 0 Å². The molecule has 0 atom stereocenters. The highest BCUT2D eigenvalue weighted by Gasteiger charge is 2.32. The van der Waals surface area contributed by atoms with Crippen LogP contribution < -0.4 is 4.74 Å². The number of amides is 1. The summed E-state index contributed by atoms with van der Waals surface area (Å²) in [6.07, 6.45) is 2.69. The molecule has 1 aromatic heterocycles. The van der Waals surface area contributed by atoms with Gasteiger partial charge in [0.25, 0.3) is 5.19 Å². The average Bonchev–Trinajstić information content (AvgIpc) is 2.94. The largest absolute Gasteiger partial charge is 0.463 e. The molecule has 1 amide bonds. The molecule has 1 aromatic carbocycles. The van der Waals surface area contributed by atoms with Crippen LogP contribution in [0.3, 0.4) is 0 Å². The van der Waals surface area contributed by atoms with Crippen molar-refractivity contribution >= 4 is 40.4 Å². The summed E-state index contributed by atoms with van der Waals surface area (Å²) in [5, 5.41) is 3.73. The molecule has 1 aliphatic heterocycles. The Kier molecular flexibility index (Phi) is 4.86. The second-order valence-corrected chi connectivity index (χ2v) is 6.71. The van der Waals surface area contributed by atoms with Crippen LogP contribution in [0.2, 0.25) is 10.0 Å². The van der Waals surface area contributed by atoms with Crippen molar-refractivity contribution in [1.29, 1.82) is 0 Å². The first-order valence-corrected chi connectivity index (χ1v) is 8.54. The van der Waals surface area contributed by atoms with E-state index in [0.717, 1.165) is 5.56 Å². The third kappa shape index (κ3) is 3.54. The van der Waals surface area contributed by atoms with E-state index in [1.54, 1.807) is 29.3 Å². The molecule has 0 N–H and O–H groups in total. The maximum absolute atomic E-state index is 12.1. The zero-order chi connectivity index (χ0) is 15.5. The van der Waals surface area contributed by atoms with Gasteiger partial charge in [-0.05, 0) is 24.1 Å². The van der Waals surface area contributed by atoms with Crippen molar-refractivity contribution in [3.63, 3.8) is 0 Å². The fraction of sp³-hybridized carbons (Fsp3) is 0.333. The van der Waals surface area contributed by atoms with E-state index in [4.69, 9.17) is 27.9 Å². The van der Waals surface area contributed by atoms with E-state index < -0.39 is 0 Å². The van der Waals surface area contributed by atoms with Gasteiger partial charge in [0.15, 0.2) is 0 Å². The number of halogens is 2. The first-order valence-electron chi connectivity index (χ1n) is 6.90. The monoisotopic (exact) mass is 356 g/mol. The van der Waals surface area contributed by atoms with Gasteiger partial charge < -0.3 is 9.64 Å². The third-order valence-electron chi connectivity index (χ3n) is 3.53. The summed E-state index contributed by atoms with van der Waals surface area (Å²) in [5.41, 5.74) is 0.829. The molecule has 2 heterocycles. The van der Waals surface area contributed by atoms with Crippen LogP contribution in [0.15, 0.2) is 29.8 Å². The molecule has 0 aliphatic carbocycles. The molecule has 22 heavy (non-hydrogen) atoms. The van der Waals surface area contributed by atoms with E-state index in [2.05, 4.69) is 4.98 Å². The van der Waals surface area contributed by atoms with Gasteiger partial charge in [0, 0.05) is 28.0 Å². The number of hydrogen-bond donors (Lipinski definition) is 0. The van der Waals surface area contributed by atoms with Crippen molar-refractivity contribution in [2.45, 2.75) is 18.9 Å². The summed E-state index contributed by atoms with van der Waals surface area (Å²) >= 11 is 13.7. The van der Waals surface area contributed by atoms with Crippen LogP contribution in [0.4, 0.5) is 0 Å². The summed E-state index contributed by atoms with van der Waals surface area (Å²) in [4.78, 5) is 18.0. The highest BCUT2D eigenvalue weighted by atomic mass is 35.5. The minimum absolute atomic E-state index is 0.0407. The smallest absolute Gasteiger partial charge is 0.273 e. The highest BCUT2D eigenvalue weighted by Crippen LogP contribution is 2.26. The maximum Gasteiger partial charge on any atom is 0.273 e. The molecule has 1 saturated heterocycles. The molecule has 0 spiro atoms. The van der Waals surface area contributed by atoms with Crippen LogP contribution >= 0.6 is 34.5 Å². The summed E-state index contributed by atoms with van der Waals surface area (Å²) in [6.45, 7) is 1.21. The van der Waals surface area contributed by atoms with E-state index in [-0.39, 0.29) is 12.0 Å². The standard InChI is InChI=1S/C15H14Cl2N2O2S/c16-12-2-1-3-13(17)11(12)4-5-14(20)19-8-10(9-19)21-15-18-6-7-22-15/h1-3,6-7,10H,4-5,8-9H2. The molecule has 2 aromatic rings. The zero-order valence-electron chi connectivity index (χ0n) is 11.7. The average molecular weight is 357 g/mol. The number of hydrogen-bond acceptors (Lipinski definition) is 4. The molecule has 1 fully saturated rings. The van der Waals surface area contributed by atoms with Gasteiger partial charge in [-0.2, -0.15) is 0 Å². The van der Waals surface area contributed by atoms with Crippen molar-refractivity contribution in [3.8, 4) is 5.19 Å². The van der Waals surface area contributed by atoms with Gasteiger partial charge in [-0.3, -0.25) is 4.79 Å². The number of nitrogens with zero attached hydrogens (tertiary/aromatic N) is 2. The number of ether oxygens (including phenoxy) is 1. The predicted octanol–water partition coefficient (Wildman–Crippen LogP) is 3.67. The SMILES string of the molecule is O=C(CCc1c(Cl)cccc1Cl)N1CC(Oc2nccs2)C1. The normalized spacial score (nSPS) is 14.7. The second-order valence-electron chi connectivity index (χ2n) is 5.04. The Morgan fingerprint density at radius 1 is 1.36 bits per heavy atom. The minimum Gasteiger partial charge on any atom is -0.463 e. The van der Waals surface area contributed by atoms with Crippen LogP contribution in [0.1, 0.15) is 12.0 Å². The first kappa shape index (κ1) is 15.6. The minimum atomic E-state index is 0.0407. The molecule has 116 valence electrons. The van der Waals surface area contributed by atoms with Gasteiger partial charge in [0.05, 0.1) is 13.1 Å². The Morgan fingerprint density at radius 3 is 2.73 bits per heavy atom. The Labute approximate surface area is 142 Å². The Balaban J connectivity index is 1.46. The fourth-order valence-electron chi connectivity index (χ4n) is 2.29. The van der Waals surface area contributed by atoms with Crippen LogP contribution in [-0.2, 0) is 11.2 Å².